The molecule has 1 heterocycles. The van der Waals surface area contributed by atoms with Gasteiger partial charge in [-0.25, -0.2) is 0 Å². The number of hydrogen-bond acceptors (Lipinski definition) is 2. The summed E-state index contributed by atoms with van der Waals surface area (Å²) in [5.41, 5.74) is 4.64. The van der Waals surface area contributed by atoms with E-state index in [0.29, 0.717) is 6.04 Å². The lowest BCUT2D eigenvalue weighted by atomic mass is 9.91. The Morgan fingerprint density at radius 2 is 1.95 bits per heavy atom. The van der Waals surface area contributed by atoms with E-state index in [-0.39, 0.29) is 0 Å². The Labute approximate surface area is 113 Å². The van der Waals surface area contributed by atoms with Crippen LogP contribution >= 0.6 is 0 Å². The van der Waals surface area contributed by atoms with Crippen LogP contribution in [0.4, 0.5) is 5.69 Å². The number of benzene rings is 2. The molecule has 1 unspecified atom stereocenters. The Morgan fingerprint density at radius 1 is 1.16 bits per heavy atom. The zero-order chi connectivity index (χ0) is 13.2. The zero-order valence-electron chi connectivity index (χ0n) is 11.0. The number of aldehydes is 1. The molecule has 2 nitrogen and oxygen atoms in total. The largest absolute Gasteiger partial charge is 0.367 e. The van der Waals surface area contributed by atoms with Crippen molar-refractivity contribution in [2.75, 3.05) is 11.9 Å². The number of aryl methyl sites for hydroxylation is 1. The van der Waals surface area contributed by atoms with E-state index in [1.807, 2.05) is 12.1 Å². The van der Waals surface area contributed by atoms with Gasteiger partial charge in [-0.1, -0.05) is 30.3 Å². The highest BCUT2D eigenvalue weighted by molar-refractivity contribution is 5.77. The molecule has 0 amide bonds. The van der Waals surface area contributed by atoms with Crippen molar-refractivity contribution in [3.63, 3.8) is 0 Å². The van der Waals surface area contributed by atoms with Crippen LogP contribution in [0.5, 0.6) is 0 Å². The number of hydrogen-bond donors (Lipinski definition) is 0. The summed E-state index contributed by atoms with van der Waals surface area (Å²) in [7, 11) is 2.14. The maximum Gasteiger partial charge on any atom is 0.150 e. The molecule has 0 radical (unpaired) electrons. The molecule has 0 saturated carbocycles. The lowest BCUT2D eigenvalue weighted by Gasteiger charge is -2.36. The van der Waals surface area contributed by atoms with Crippen LogP contribution in [0.3, 0.4) is 0 Å². The summed E-state index contributed by atoms with van der Waals surface area (Å²) < 4.78 is 0. The molecule has 19 heavy (non-hydrogen) atoms. The van der Waals surface area contributed by atoms with E-state index in [2.05, 4.69) is 48.3 Å². The van der Waals surface area contributed by atoms with Gasteiger partial charge >= 0.3 is 0 Å². The predicted molar refractivity (Wildman–Crippen MR) is 77.7 cm³/mol. The second kappa shape index (κ2) is 4.88. The zero-order valence-corrected chi connectivity index (χ0v) is 11.0. The van der Waals surface area contributed by atoms with Gasteiger partial charge in [-0.15, -0.1) is 0 Å². The van der Waals surface area contributed by atoms with Crippen molar-refractivity contribution >= 4 is 12.0 Å². The monoisotopic (exact) mass is 251 g/mol. The Kier molecular flexibility index (Phi) is 3.08. The van der Waals surface area contributed by atoms with Crippen LogP contribution in [0.15, 0.2) is 48.5 Å². The van der Waals surface area contributed by atoms with Crippen LogP contribution in [0, 0.1) is 0 Å². The Balaban J connectivity index is 1.96. The fourth-order valence-corrected chi connectivity index (χ4v) is 2.94. The molecule has 0 bridgehead atoms. The summed E-state index contributed by atoms with van der Waals surface area (Å²) >= 11 is 0. The number of fused-ring (bicyclic) bond motifs is 1. The number of carbonyl (C=O) groups excluding carboxylic acids is 1. The summed E-state index contributed by atoms with van der Waals surface area (Å²) in [4.78, 5) is 13.2. The van der Waals surface area contributed by atoms with Crippen molar-refractivity contribution in [2.24, 2.45) is 0 Å². The van der Waals surface area contributed by atoms with E-state index in [4.69, 9.17) is 0 Å². The van der Waals surface area contributed by atoms with Gasteiger partial charge in [0.2, 0.25) is 0 Å². The highest BCUT2D eigenvalue weighted by Crippen LogP contribution is 2.37. The third-order valence-corrected chi connectivity index (χ3v) is 3.96. The van der Waals surface area contributed by atoms with Gasteiger partial charge in [0.05, 0.1) is 6.04 Å². The molecule has 0 fully saturated rings. The first-order valence-electron chi connectivity index (χ1n) is 6.65. The normalized spacial score (nSPS) is 17.9. The first-order chi connectivity index (χ1) is 9.29. The molecule has 1 aliphatic heterocycles. The predicted octanol–water partition coefficient (Wildman–Crippen LogP) is 3.62. The molecular formula is C17H17NO. The molecule has 1 aliphatic rings. The van der Waals surface area contributed by atoms with E-state index in [9.17, 15) is 4.79 Å². The molecular weight excluding hydrogens is 234 g/mol. The average Bonchev–Trinajstić information content (AvgIpc) is 2.48. The average molecular weight is 251 g/mol. The molecule has 2 heteroatoms. The van der Waals surface area contributed by atoms with E-state index in [1.54, 1.807) is 0 Å². The van der Waals surface area contributed by atoms with Gasteiger partial charge in [0.15, 0.2) is 0 Å². The van der Waals surface area contributed by atoms with Gasteiger partial charge in [-0.2, -0.15) is 0 Å². The van der Waals surface area contributed by atoms with E-state index >= 15 is 0 Å². The Morgan fingerprint density at radius 3 is 2.68 bits per heavy atom. The Bertz CT molecular complexity index is 591. The maximum atomic E-state index is 10.8. The Hall–Kier alpha value is -2.09. The van der Waals surface area contributed by atoms with E-state index in [0.717, 1.165) is 24.7 Å². The number of anilines is 1. The van der Waals surface area contributed by atoms with Crippen LogP contribution in [-0.2, 0) is 6.42 Å². The molecule has 1 atom stereocenters. The van der Waals surface area contributed by atoms with Crippen LogP contribution < -0.4 is 4.90 Å². The second-order valence-electron chi connectivity index (χ2n) is 5.08. The minimum absolute atomic E-state index is 0.427. The topological polar surface area (TPSA) is 20.3 Å². The van der Waals surface area contributed by atoms with Crippen molar-refractivity contribution < 1.29 is 4.79 Å². The number of nitrogens with zero attached hydrogens (tertiary/aromatic N) is 1. The third kappa shape index (κ3) is 2.14. The van der Waals surface area contributed by atoms with E-state index < -0.39 is 0 Å². The highest BCUT2D eigenvalue weighted by atomic mass is 16.1. The number of carbonyl (C=O) groups is 1. The lowest BCUT2D eigenvalue weighted by molar-refractivity contribution is 0.112. The van der Waals surface area contributed by atoms with Crippen LogP contribution in [0.2, 0.25) is 0 Å². The molecule has 2 aromatic rings. The third-order valence-electron chi connectivity index (χ3n) is 3.96. The van der Waals surface area contributed by atoms with Crippen LogP contribution in [0.25, 0.3) is 0 Å². The fraction of sp³-hybridized carbons (Fsp3) is 0.235. The quantitative estimate of drug-likeness (QED) is 0.760. The molecule has 0 spiro atoms. The van der Waals surface area contributed by atoms with Gasteiger partial charge < -0.3 is 4.90 Å². The summed E-state index contributed by atoms with van der Waals surface area (Å²) in [5.74, 6) is 0. The van der Waals surface area contributed by atoms with Gasteiger partial charge in [0, 0.05) is 18.3 Å². The smallest absolute Gasteiger partial charge is 0.150 e. The summed E-state index contributed by atoms with van der Waals surface area (Å²) in [5, 5.41) is 0. The van der Waals surface area contributed by atoms with Crippen LogP contribution in [-0.4, -0.2) is 13.3 Å². The molecule has 0 aliphatic carbocycles. The van der Waals surface area contributed by atoms with Crippen molar-refractivity contribution in [3.8, 4) is 0 Å². The molecule has 2 aromatic carbocycles. The van der Waals surface area contributed by atoms with Gasteiger partial charge in [-0.05, 0) is 42.2 Å². The first kappa shape index (κ1) is 12.0. The van der Waals surface area contributed by atoms with Crippen molar-refractivity contribution in [1.29, 1.82) is 0 Å². The van der Waals surface area contributed by atoms with Gasteiger partial charge in [-0.3, -0.25) is 4.79 Å². The standard InChI is InChI=1S/C17H17NO/c1-18-16(14-5-3-2-4-6-14)10-8-15-11-13(12-19)7-9-17(15)18/h2-7,9,11-12,16H,8,10H2,1H3. The fourth-order valence-electron chi connectivity index (χ4n) is 2.94. The summed E-state index contributed by atoms with van der Waals surface area (Å²) in [6, 6.07) is 17.0. The molecule has 0 N–H and O–H groups in total. The maximum absolute atomic E-state index is 10.8. The highest BCUT2D eigenvalue weighted by Gasteiger charge is 2.24. The first-order valence-corrected chi connectivity index (χ1v) is 6.65. The number of rotatable bonds is 2. The lowest BCUT2D eigenvalue weighted by Crippen LogP contribution is -2.29. The van der Waals surface area contributed by atoms with Crippen molar-refractivity contribution in [2.45, 2.75) is 18.9 Å². The van der Waals surface area contributed by atoms with Gasteiger partial charge in [0.1, 0.15) is 6.29 Å². The molecule has 96 valence electrons. The van der Waals surface area contributed by atoms with Crippen molar-refractivity contribution in [1.82, 2.24) is 0 Å². The van der Waals surface area contributed by atoms with Gasteiger partial charge in [0.25, 0.3) is 0 Å². The molecule has 0 saturated heterocycles. The molecule has 3 rings (SSSR count). The van der Waals surface area contributed by atoms with Crippen molar-refractivity contribution in [3.05, 3.63) is 65.2 Å². The minimum Gasteiger partial charge on any atom is -0.367 e. The summed E-state index contributed by atoms with van der Waals surface area (Å²) in [6.45, 7) is 0. The van der Waals surface area contributed by atoms with E-state index in [1.165, 1.54) is 16.8 Å². The SMILES string of the molecule is CN1c2ccc(C=O)cc2CCC1c1ccccc1. The summed E-state index contributed by atoms with van der Waals surface area (Å²) in [6.07, 6.45) is 3.04. The molecule has 0 aromatic heterocycles. The second-order valence-corrected chi connectivity index (χ2v) is 5.08. The minimum atomic E-state index is 0.427. The van der Waals surface area contributed by atoms with Crippen LogP contribution in [0.1, 0.15) is 33.9 Å².